The minimum absolute atomic E-state index is 0.156. The second kappa shape index (κ2) is 6.27. The summed E-state index contributed by atoms with van der Waals surface area (Å²) in [6.45, 7) is 0.743. The molecular formula is C12H16FN3O4S. The number of amidine groups is 1. The average molecular weight is 317 g/mol. The van der Waals surface area contributed by atoms with Crippen LogP contribution in [-0.4, -0.2) is 37.9 Å². The molecule has 7 nitrogen and oxygen atoms in total. The lowest BCUT2D eigenvalue weighted by Gasteiger charge is -2.22. The van der Waals surface area contributed by atoms with Crippen molar-refractivity contribution in [2.45, 2.75) is 18.1 Å². The van der Waals surface area contributed by atoms with Crippen LogP contribution in [0.2, 0.25) is 0 Å². The highest BCUT2D eigenvalue weighted by molar-refractivity contribution is 7.93. The van der Waals surface area contributed by atoms with Gasteiger partial charge in [-0.2, -0.15) is 0 Å². The lowest BCUT2D eigenvalue weighted by Crippen LogP contribution is -2.33. The zero-order valence-corrected chi connectivity index (χ0v) is 11.9. The van der Waals surface area contributed by atoms with E-state index in [9.17, 15) is 12.8 Å². The largest absolute Gasteiger partial charge is 0.409 e. The maximum Gasteiger partial charge on any atom is 0.235 e. The summed E-state index contributed by atoms with van der Waals surface area (Å²) in [7, 11) is -3.68. The van der Waals surface area contributed by atoms with E-state index in [-0.39, 0.29) is 17.1 Å². The molecule has 1 aromatic rings. The first-order valence-corrected chi connectivity index (χ1v) is 7.85. The van der Waals surface area contributed by atoms with Crippen molar-refractivity contribution in [2.24, 2.45) is 10.9 Å². The number of sulfonamides is 1. The van der Waals surface area contributed by atoms with Crippen molar-refractivity contribution in [3.63, 3.8) is 0 Å². The molecule has 1 aromatic carbocycles. The number of oxime groups is 1. The van der Waals surface area contributed by atoms with Crippen molar-refractivity contribution >= 4 is 21.5 Å². The van der Waals surface area contributed by atoms with Crippen LogP contribution in [0, 0.1) is 5.82 Å². The predicted molar refractivity (Wildman–Crippen MR) is 75.3 cm³/mol. The molecule has 0 atom stereocenters. The number of hydrogen-bond donors (Lipinski definition) is 3. The number of ether oxygens (including phenoxy) is 1. The molecule has 0 spiro atoms. The van der Waals surface area contributed by atoms with Crippen LogP contribution in [0.4, 0.5) is 10.1 Å². The number of rotatable bonds is 4. The summed E-state index contributed by atoms with van der Waals surface area (Å²) >= 11 is 0. The van der Waals surface area contributed by atoms with E-state index in [0.29, 0.717) is 26.1 Å². The molecule has 0 aromatic heterocycles. The number of anilines is 1. The van der Waals surface area contributed by atoms with Crippen molar-refractivity contribution in [3.05, 3.63) is 29.6 Å². The van der Waals surface area contributed by atoms with Crippen molar-refractivity contribution in [2.75, 3.05) is 17.9 Å². The molecule has 1 fully saturated rings. The molecule has 1 saturated heterocycles. The summed E-state index contributed by atoms with van der Waals surface area (Å²) in [5.41, 5.74) is 5.32. The summed E-state index contributed by atoms with van der Waals surface area (Å²) < 4.78 is 45.6. The Balaban J connectivity index is 2.19. The van der Waals surface area contributed by atoms with Crippen LogP contribution in [-0.2, 0) is 14.8 Å². The first-order chi connectivity index (χ1) is 9.94. The molecular weight excluding hydrogens is 301 g/mol. The smallest absolute Gasteiger partial charge is 0.235 e. The van der Waals surface area contributed by atoms with Gasteiger partial charge in [0.1, 0.15) is 5.82 Å². The fourth-order valence-corrected chi connectivity index (χ4v) is 3.49. The molecule has 1 aliphatic rings. The molecule has 0 saturated carbocycles. The number of nitrogens with zero attached hydrogens (tertiary/aromatic N) is 1. The zero-order chi connectivity index (χ0) is 15.5. The van der Waals surface area contributed by atoms with Gasteiger partial charge in [-0.1, -0.05) is 5.16 Å². The van der Waals surface area contributed by atoms with Crippen LogP contribution in [0.3, 0.4) is 0 Å². The molecule has 2 rings (SSSR count). The summed E-state index contributed by atoms with van der Waals surface area (Å²) in [4.78, 5) is 0. The van der Waals surface area contributed by atoms with E-state index in [2.05, 4.69) is 9.88 Å². The average Bonchev–Trinajstić information content (AvgIpc) is 2.49. The second-order valence-electron chi connectivity index (χ2n) is 4.64. The van der Waals surface area contributed by atoms with Gasteiger partial charge in [0.2, 0.25) is 10.0 Å². The maximum absolute atomic E-state index is 13.9. The standard InChI is InChI=1S/C12H16FN3O4S/c13-10-7-8(12(14)15-17)1-2-11(10)16-21(18,19)9-3-5-20-6-4-9/h1-2,7,9,16-17H,3-6H2,(H2,14,15). The van der Waals surface area contributed by atoms with Gasteiger partial charge in [0.15, 0.2) is 5.84 Å². The number of halogens is 1. The molecule has 0 bridgehead atoms. The molecule has 4 N–H and O–H groups in total. The van der Waals surface area contributed by atoms with Gasteiger partial charge in [0.25, 0.3) is 0 Å². The lowest BCUT2D eigenvalue weighted by molar-refractivity contribution is 0.0984. The van der Waals surface area contributed by atoms with Gasteiger partial charge in [0, 0.05) is 18.8 Å². The third-order valence-corrected chi connectivity index (χ3v) is 5.09. The maximum atomic E-state index is 13.9. The van der Waals surface area contributed by atoms with Gasteiger partial charge < -0.3 is 15.7 Å². The predicted octanol–water partition coefficient (Wildman–Crippen LogP) is 0.841. The molecule has 1 heterocycles. The Morgan fingerprint density at radius 2 is 2.10 bits per heavy atom. The van der Waals surface area contributed by atoms with E-state index in [1.54, 1.807) is 0 Å². The van der Waals surface area contributed by atoms with E-state index in [4.69, 9.17) is 15.7 Å². The fourth-order valence-electron chi connectivity index (χ4n) is 2.04. The molecule has 9 heteroatoms. The van der Waals surface area contributed by atoms with E-state index in [1.165, 1.54) is 12.1 Å². The number of benzene rings is 1. The topological polar surface area (TPSA) is 114 Å². The first kappa shape index (κ1) is 15.5. The molecule has 116 valence electrons. The second-order valence-corrected chi connectivity index (χ2v) is 6.60. The van der Waals surface area contributed by atoms with Crippen LogP contribution in [0.25, 0.3) is 0 Å². The molecule has 0 unspecified atom stereocenters. The van der Waals surface area contributed by atoms with Crippen molar-refractivity contribution in [1.82, 2.24) is 0 Å². The SMILES string of the molecule is N/C(=N/O)c1ccc(NS(=O)(=O)C2CCOCC2)c(F)c1. The van der Waals surface area contributed by atoms with Crippen LogP contribution in [0.5, 0.6) is 0 Å². The van der Waals surface area contributed by atoms with Crippen molar-refractivity contribution < 1.29 is 22.8 Å². The number of hydrogen-bond acceptors (Lipinski definition) is 5. The zero-order valence-electron chi connectivity index (χ0n) is 11.1. The van der Waals surface area contributed by atoms with Gasteiger partial charge >= 0.3 is 0 Å². The number of nitrogens with one attached hydrogen (secondary N) is 1. The lowest BCUT2D eigenvalue weighted by atomic mass is 10.2. The highest BCUT2D eigenvalue weighted by atomic mass is 32.2. The first-order valence-electron chi connectivity index (χ1n) is 6.31. The highest BCUT2D eigenvalue weighted by Crippen LogP contribution is 2.22. The van der Waals surface area contributed by atoms with Crippen molar-refractivity contribution in [3.8, 4) is 0 Å². The molecule has 21 heavy (non-hydrogen) atoms. The van der Waals surface area contributed by atoms with Gasteiger partial charge in [0.05, 0.1) is 10.9 Å². The summed E-state index contributed by atoms with van der Waals surface area (Å²) in [5.74, 6) is -1.05. The summed E-state index contributed by atoms with van der Waals surface area (Å²) in [5, 5.41) is 10.7. The summed E-state index contributed by atoms with van der Waals surface area (Å²) in [6.07, 6.45) is 0.748. The van der Waals surface area contributed by atoms with Crippen LogP contribution in [0.1, 0.15) is 18.4 Å². The van der Waals surface area contributed by atoms with Crippen molar-refractivity contribution in [1.29, 1.82) is 0 Å². The normalized spacial score (nSPS) is 17.7. The van der Waals surface area contributed by atoms with Gasteiger partial charge in [-0.05, 0) is 31.0 Å². The minimum Gasteiger partial charge on any atom is -0.409 e. The van der Waals surface area contributed by atoms with Gasteiger partial charge in [-0.3, -0.25) is 4.72 Å². The monoisotopic (exact) mass is 317 g/mol. The minimum atomic E-state index is -3.68. The Bertz CT molecular complexity index is 642. The Labute approximate surface area is 121 Å². The van der Waals surface area contributed by atoms with Gasteiger partial charge in [-0.15, -0.1) is 0 Å². The Kier molecular flexibility index (Phi) is 4.63. The number of nitrogens with two attached hydrogens (primary N) is 1. The van der Waals surface area contributed by atoms with E-state index in [1.807, 2.05) is 0 Å². The van der Waals surface area contributed by atoms with Crippen LogP contribution in [0.15, 0.2) is 23.4 Å². The molecule has 1 aliphatic heterocycles. The Morgan fingerprint density at radius 1 is 1.43 bits per heavy atom. The Hall–Kier alpha value is -1.87. The van der Waals surface area contributed by atoms with Crippen LogP contribution >= 0.6 is 0 Å². The third kappa shape index (κ3) is 3.61. The van der Waals surface area contributed by atoms with E-state index in [0.717, 1.165) is 6.07 Å². The fraction of sp³-hybridized carbons (Fsp3) is 0.417. The summed E-state index contributed by atoms with van der Waals surface area (Å²) in [6, 6.07) is 3.59. The highest BCUT2D eigenvalue weighted by Gasteiger charge is 2.28. The Morgan fingerprint density at radius 3 is 2.67 bits per heavy atom. The molecule has 0 radical (unpaired) electrons. The van der Waals surface area contributed by atoms with E-state index >= 15 is 0 Å². The van der Waals surface area contributed by atoms with Crippen LogP contribution < -0.4 is 10.5 Å². The van der Waals surface area contributed by atoms with Gasteiger partial charge in [-0.25, -0.2) is 12.8 Å². The molecule has 0 amide bonds. The third-order valence-electron chi connectivity index (χ3n) is 3.23. The quantitative estimate of drug-likeness (QED) is 0.329. The van der Waals surface area contributed by atoms with E-state index < -0.39 is 21.1 Å². The molecule has 0 aliphatic carbocycles.